The van der Waals surface area contributed by atoms with E-state index in [1.54, 1.807) is 0 Å². The van der Waals surface area contributed by atoms with Crippen LogP contribution in [-0.2, 0) is 13.0 Å². The fourth-order valence-corrected chi connectivity index (χ4v) is 2.99. The van der Waals surface area contributed by atoms with Crippen LogP contribution >= 0.6 is 11.6 Å². The molecule has 0 radical (unpaired) electrons. The molecular formula is C20H20ClNO. The van der Waals surface area contributed by atoms with Crippen molar-refractivity contribution in [2.45, 2.75) is 19.1 Å². The van der Waals surface area contributed by atoms with Crippen LogP contribution in [0.2, 0.25) is 5.02 Å². The minimum Gasteiger partial charge on any atom is -0.391 e. The summed E-state index contributed by atoms with van der Waals surface area (Å²) in [6.07, 6.45) is 0.278. The summed E-state index contributed by atoms with van der Waals surface area (Å²) in [5, 5.41) is 16.6. The van der Waals surface area contributed by atoms with E-state index in [-0.39, 0.29) is 6.10 Å². The van der Waals surface area contributed by atoms with E-state index < -0.39 is 0 Å². The maximum Gasteiger partial charge on any atom is 0.0704 e. The highest BCUT2D eigenvalue weighted by Crippen LogP contribution is 2.22. The first kappa shape index (κ1) is 16.0. The van der Waals surface area contributed by atoms with E-state index in [1.807, 2.05) is 48.5 Å². The van der Waals surface area contributed by atoms with Crippen LogP contribution in [0.5, 0.6) is 0 Å². The average molecular weight is 326 g/mol. The van der Waals surface area contributed by atoms with Crippen LogP contribution < -0.4 is 5.32 Å². The number of aliphatic hydroxyl groups excluding tert-OH is 1. The third-order valence-corrected chi connectivity index (χ3v) is 4.18. The summed E-state index contributed by atoms with van der Waals surface area (Å²) < 4.78 is 0. The van der Waals surface area contributed by atoms with Crippen LogP contribution in [0.4, 0.5) is 0 Å². The Labute approximate surface area is 141 Å². The van der Waals surface area contributed by atoms with Crippen molar-refractivity contribution in [3.63, 3.8) is 0 Å². The van der Waals surface area contributed by atoms with Crippen molar-refractivity contribution in [2.24, 2.45) is 0 Å². The van der Waals surface area contributed by atoms with Crippen LogP contribution in [0.25, 0.3) is 10.8 Å². The van der Waals surface area contributed by atoms with Gasteiger partial charge in [0.05, 0.1) is 6.10 Å². The van der Waals surface area contributed by atoms with Gasteiger partial charge in [0.1, 0.15) is 0 Å². The Kier molecular flexibility index (Phi) is 5.29. The second kappa shape index (κ2) is 7.60. The second-order valence-electron chi connectivity index (χ2n) is 5.76. The average Bonchev–Trinajstić information content (AvgIpc) is 2.55. The van der Waals surface area contributed by atoms with Crippen molar-refractivity contribution in [3.05, 3.63) is 82.9 Å². The summed E-state index contributed by atoms with van der Waals surface area (Å²) in [7, 11) is 0. The first-order valence-corrected chi connectivity index (χ1v) is 8.20. The molecule has 2 N–H and O–H groups in total. The van der Waals surface area contributed by atoms with Crippen LogP contribution in [0.15, 0.2) is 66.7 Å². The largest absolute Gasteiger partial charge is 0.391 e. The van der Waals surface area contributed by atoms with Gasteiger partial charge in [0.25, 0.3) is 0 Å². The predicted octanol–water partition coefficient (Wildman–Crippen LogP) is 4.19. The maximum atomic E-state index is 10.2. The number of nitrogens with one attached hydrogen (secondary N) is 1. The van der Waals surface area contributed by atoms with Gasteiger partial charge in [0.2, 0.25) is 0 Å². The molecule has 0 saturated heterocycles. The van der Waals surface area contributed by atoms with Gasteiger partial charge in [-0.1, -0.05) is 66.2 Å². The number of hydrogen-bond acceptors (Lipinski definition) is 2. The van der Waals surface area contributed by atoms with Gasteiger partial charge in [-0.3, -0.25) is 0 Å². The van der Waals surface area contributed by atoms with Gasteiger partial charge in [0.15, 0.2) is 0 Å². The Balaban J connectivity index is 1.58. The van der Waals surface area contributed by atoms with E-state index >= 15 is 0 Å². The van der Waals surface area contributed by atoms with Gasteiger partial charge >= 0.3 is 0 Å². The molecule has 0 aliphatic rings. The van der Waals surface area contributed by atoms with Gasteiger partial charge in [-0.05, 0) is 40.5 Å². The lowest BCUT2D eigenvalue weighted by atomic mass is 10.0. The summed E-state index contributed by atoms with van der Waals surface area (Å²) in [6.45, 7) is 1.30. The molecule has 3 rings (SSSR count). The highest BCUT2D eigenvalue weighted by atomic mass is 35.5. The molecule has 118 valence electrons. The Morgan fingerprint density at radius 3 is 2.61 bits per heavy atom. The summed E-state index contributed by atoms with van der Waals surface area (Å²) in [4.78, 5) is 0. The van der Waals surface area contributed by atoms with Gasteiger partial charge in [0, 0.05) is 18.1 Å². The molecule has 0 fully saturated rings. The minimum absolute atomic E-state index is 0.387. The van der Waals surface area contributed by atoms with Gasteiger partial charge < -0.3 is 10.4 Å². The highest BCUT2D eigenvalue weighted by Gasteiger charge is 2.06. The molecule has 1 atom stereocenters. The molecule has 3 aromatic carbocycles. The van der Waals surface area contributed by atoms with E-state index in [2.05, 4.69) is 23.5 Å². The predicted molar refractivity (Wildman–Crippen MR) is 96.8 cm³/mol. The van der Waals surface area contributed by atoms with Crippen LogP contribution in [0.1, 0.15) is 11.1 Å². The van der Waals surface area contributed by atoms with Crippen molar-refractivity contribution in [1.82, 2.24) is 5.32 Å². The third kappa shape index (κ3) is 4.32. The lowest BCUT2D eigenvalue weighted by Crippen LogP contribution is -2.28. The molecular weight excluding hydrogens is 306 g/mol. The molecule has 0 aromatic heterocycles. The van der Waals surface area contributed by atoms with E-state index in [9.17, 15) is 5.11 Å². The molecule has 0 saturated carbocycles. The zero-order valence-electron chi connectivity index (χ0n) is 12.9. The van der Waals surface area contributed by atoms with Crippen LogP contribution in [0, 0.1) is 0 Å². The quantitative estimate of drug-likeness (QED) is 0.712. The normalized spacial score (nSPS) is 12.4. The molecule has 0 aliphatic carbocycles. The Bertz CT molecular complexity index is 773. The molecule has 0 amide bonds. The summed E-state index contributed by atoms with van der Waals surface area (Å²) >= 11 is 6.05. The van der Waals surface area contributed by atoms with Crippen molar-refractivity contribution in [1.29, 1.82) is 0 Å². The number of halogens is 1. The van der Waals surface area contributed by atoms with E-state index in [4.69, 9.17) is 11.6 Å². The summed E-state index contributed by atoms with van der Waals surface area (Å²) in [5.74, 6) is 0. The number of fused-ring (bicyclic) bond motifs is 1. The summed E-state index contributed by atoms with van der Waals surface area (Å²) in [5.41, 5.74) is 2.37. The molecule has 0 spiro atoms. The number of hydrogen-bond donors (Lipinski definition) is 2. The van der Waals surface area contributed by atoms with Crippen molar-refractivity contribution in [2.75, 3.05) is 6.54 Å². The lowest BCUT2D eigenvalue weighted by Gasteiger charge is -2.13. The first-order valence-electron chi connectivity index (χ1n) is 7.82. The standard InChI is InChI=1S/C20H20ClNO/c21-18-9-10-20-16(12-18)7-4-8-17(20)13-22-14-19(23)11-15-5-2-1-3-6-15/h1-10,12,19,22-23H,11,13-14H2/t19-/m1/s1. The monoisotopic (exact) mass is 325 g/mol. The fourth-order valence-electron chi connectivity index (χ4n) is 2.81. The summed E-state index contributed by atoms with van der Waals surface area (Å²) in [6, 6.07) is 22.2. The van der Waals surface area contributed by atoms with E-state index in [1.165, 1.54) is 10.9 Å². The van der Waals surface area contributed by atoms with Gasteiger partial charge in [-0.25, -0.2) is 0 Å². The molecule has 23 heavy (non-hydrogen) atoms. The topological polar surface area (TPSA) is 32.3 Å². The Hall–Kier alpha value is -1.87. The van der Waals surface area contributed by atoms with Crippen molar-refractivity contribution >= 4 is 22.4 Å². The number of aliphatic hydroxyl groups is 1. The highest BCUT2D eigenvalue weighted by molar-refractivity contribution is 6.31. The van der Waals surface area contributed by atoms with Crippen molar-refractivity contribution < 1.29 is 5.11 Å². The molecule has 0 heterocycles. The maximum absolute atomic E-state index is 10.2. The second-order valence-corrected chi connectivity index (χ2v) is 6.19. The van der Waals surface area contributed by atoms with Gasteiger partial charge in [-0.2, -0.15) is 0 Å². The van der Waals surface area contributed by atoms with Crippen LogP contribution in [-0.4, -0.2) is 17.8 Å². The smallest absolute Gasteiger partial charge is 0.0704 e. The van der Waals surface area contributed by atoms with E-state index in [0.717, 1.165) is 22.5 Å². The third-order valence-electron chi connectivity index (χ3n) is 3.94. The van der Waals surface area contributed by atoms with Crippen molar-refractivity contribution in [3.8, 4) is 0 Å². The minimum atomic E-state index is -0.387. The SMILES string of the molecule is O[C@@H](CNCc1cccc2cc(Cl)ccc12)Cc1ccccc1. The lowest BCUT2D eigenvalue weighted by molar-refractivity contribution is 0.171. The zero-order chi connectivity index (χ0) is 16.1. The van der Waals surface area contributed by atoms with Gasteiger partial charge in [-0.15, -0.1) is 0 Å². The first-order chi connectivity index (χ1) is 11.2. The molecule has 2 nitrogen and oxygen atoms in total. The molecule has 0 unspecified atom stereocenters. The Morgan fingerprint density at radius 1 is 0.957 bits per heavy atom. The fraction of sp³-hybridized carbons (Fsp3) is 0.200. The van der Waals surface area contributed by atoms with E-state index in [0.29, 0.717) is 13.0 Å². The number of rotatable bonds is 6. The molecule has 0 bridgehead atoms. The molecule has 3 aromatic rings. The zero-order valence-corrected chi connectivity index (χ0v) is 13.6. The Morgan fingerprint density at radius 2 is 1.78 bits per heavy atom. The molecule has 3 heteroatoms. The number of benzene rings is 3. The molecule has 0 aliphatic heterocycles. The van der Waals surface area contributed by atoms with Crippen LogP contribution in [0.3, 0.4) is 0 Å².